The lowest BCUT2D eigenvalue weighted by Crippen LogP contribution is -2.52. The number of carbonyl (C=O) groups is 1. The Balaban J connectivity index is 1.29. The van der Waals surface area contributed by atoms with Gasteiger partial charge in [-0.25, -0.2) is 28.8 Å². The Kier molecular flexibility index (Phi) is 5.63. The zero-order chi connectivity index (χ0) is 22.9. The molecule has 1 atom stereocenters. The van der Waals surface area contributed by atoms with Crippen molar-refractivity contribution in [2.75, 3.05) is 31.1 Å². The minimum atomic E-state index is -0.422. The zero-order valence-electron chi connectivity index (χ0n) is 17.8. The molecule has 0 bridgehead atoms. The first-order valence-corrected chi connectivity index (χ1v) is 10.9. The Bertz CT molecular complexity index is 1210. The van der Waals surface area contributed by atoms with Gasteiger partial charge in [-0.2, -0.15) is 10.2 Å². The summed E-state index contributed by atoms with van der Waals surface area (Å²) in [5.41, 5.74) is 1.15. The lowest BCUT2D eigenvalue weighted by molar-refractivity contribution is 0.138. The molecule has 0 N–H and O–H groups in total. The molecule has 170 valence electrons. The van der Waals surface area contributed by atoms with Gasteiger partial charge in [0.25, 0.3) is 0 Å². The van der Waals surface area contributed by atoms with Gasteiger partial charge in [0.05, 0.1) is 10.7 Å². The zero-order valence-corrected chi connectivity index (χ0v) is 18.6. The maximum atomic E-state index is 14.6. The standard InChI is InChI=1S/C21H21ClFN9O/c1-29-20(25-13-27-29)16-5-4-15(23)19(28-16)30-9-11-31(12-10-30)21(33)32-17(6-8-26-32)18-14(22)3-2-7-24-18/h2-5,7-8,13,17H,6,9-12H2,1H3. The number of piperazine rings is 1. The molecule has 12 heteroatoms. The molecule has 0 aromatic carbocycles. The van der Waals surface area contributed by atoms with Crippen molar-refractivity contribution in [2.24, 2.45) is 12.1 Å². The summed E-state index contributed by atoms with van der Waals surface area (Å²) in [6.07, 6.45) is 5.32. The first-order chi connectivity index (χ1) is 16.0. The largest absolute Gasteiger partial charge is 0.351 e. The first-order valence-electron chi connectivity index (χ1n) is 10.5. The lowest BCUT2D eigenvalue weighted by atomic mass is 10.1. The second-order valence-corrected chi connectivity index (χ2v) is 8.14. The van der Waals surface area contributed by atoms with Crippen LogP contribution in [0.5, 0.6) is 0 Å². The van der Waals surface area contributed by atoms with Crippen LogP contribution in [0.15, 0.2) is 41.9 Å². The molecule has 0 radical (unpaired) electrons. The van der Waals surface area contributed by atoms with Crippen LogP contribution >= 0.6 is 11.6 Å². The van der Waals surface area contributed by atoms with Gasteiger partial charge in [0, 0.05) is 52.1 Å². The van der Waals surface area contributed by atoms with Crippen LogP contribution in [0.3, 0.4) is 0 Å². The van der Waals surface area contributed by atoms with Crippen molar-refractivity contribution in [3.05, 3.63) is 53.3 Å². The van der Waals surface area contributed by atoms with Crippen LogP contribution in [0.25, 0.3) is 11.5 Å². The fourth-order valence-corrected chi connectivity index (χ4v) is 4.28. The number of halogens is 2. The van der Waals surface area contributed by atoms with E-state index in [1.54, 1.807) is 47.2 Å². The summed E-state index contributed by atoms with van der Waals surface area (Å²) < 4.78 is 16.2. The molecule has 2 aliphatic rings. The fourth-order valence-electron chi connectivity index (χ4n) is 4.03. The Hall–Kier alpha value is -3.60. The predicted octanol–water partition coefficient (Wildman–Crippen LogP) is 2.74. The molecule has 5 rings (SSSR count). The predicted molar refractivity (Wildman–Crippen MR) is 120 cm³/mol. The number of urea groups is 1. The van der Waals surface area contributed by atoms with Gasteiger partial charge in [-0.05, 0) is 24.3 Å². The van der Waals surface area contributed by atoms with Crippen LogP contribution in [0.1, 0.15) is 18.2 Å². The Morgan fingerprint density at radius 3 is 2.70 bits per heavy atom. The molecule has 5 heterocycles. The molecule has 33 heavy (non-hydrogen) atoms. The number of pyridine rings is 2. The summed E-state index contributed by atoms with van der Waals surface area (Å²) >= 11 is 6.29. The minimum Gasteiger partial charge on any atom is -0.351 e. The van der Waals surface area contributed by atoms with Gasteiger partial charge in [-0.3, -0.25) is 4.98 Å². The summed E-state index contributed by atoms with van der Waals surface area (Å²) in [7, 11) is 1.75. The van der Waals surface area contributed by atoms with Crippen molar-refractivity contribution in [3.63, 3.8) is 0 Å². The van der Waals surface area contributed by atoms with E-state index < -0.39 is 5.82 Å². The van der Waals surface area contributed by atoms with E-state index in [0.717, 1.165) is 0 Å². The molecule has 2 amide bonds. The molecule has 3 aromatic rings. The van der Waals surface area contributed by atoms with Gasteiger partial charge < -0.3 is 9.80 Å². The Morgan fingerprint density at radius 2 is 1.97 bits per heavy atom. The van der Waals surface area contributed by atoms with Crippen LogP contribution in [0, 0.1) is 5.82 Å². The van der Waals surface area contributed by atoms with E-state index in [2.05, 4.69) is 25.2 Å². The molecule has 2 aliphatic heterocycles. The van der Waals surface area contributed by atoms with Crippen molar-refractivity contribution >= 4 is 29.7 Å². The van der Waals surface area contributed by atoms with E-state index >= 15 is 0 Å². The number of rotatable bonds is 3. The molecule has 1 fully saturated rings. The average molecular weight is 470 g/mol. The second-order valence-electron chi connectivity index (χ2n) is 7.73. The van der Waals surface area contributed by atoms with Gasteiger partial charge in [0.1, 0.15) is 18.1 Å². The van der Waals surface area contributed by atoms with Gasteiger partial charge in [0.15, 0.2) is 17.5 Å². The number of hydrogen-bond acceptors (Lipinski definition) is 7. The summed E-state index contributed by atoms with van der Waals surface area (Å²) in [6, 6.07) is 5.89. The number of amides is 2. The smallest absolute Gasteiger partial charge is 0.341 e. The first kappa shape index (κ1) is 21.3. The second kappa shape index (κ2) is 8.74. The maximum Gasteiger partial charge on any atom is 0.341 e. The van der Waals surface area contributed by atoms with Gasteiger partial charge in [0.2, 0.25) is 0 Å². The molecule has 0 aliphatic carbocycles. The molecular weight excluding hydrogens is 449 g/mol. The van der Waals surface area contributed by atoms with Crippen LogP contribution in [0.4, 0.5) is 15.0 Å². The van der Waals surface area contributed by atoms with E-state index in [9.17, 15) is 9.18 Å². The van der Waals surface area contributed by atoms with Crippen molar-refractivity contribution in [3.8, 4) is 11.5 Å². The van der Waals surface area contributed by atoms with Crippen LogP contribution in [-0.2, 0) is 7.05 Å². The van der Waals surface area contributed by atoms with Crippen molar-refractivity contribution in [1.82, 2.24) is 34.6 Å². The van der Waals surface area contributed by atoms with E-state index in [4.69, 9.17) is 11.6 Å². The van der Waals surface area contributed by atoms with Crippen LogP contribution < -0.4 is 4.90 Å². The highest BCUT2D eigenvalue weighted by Crippen LogP contribution is 2.32. The molecule has 1 saturated heterocycles. The SMILES string of the molecule is Cn1ncnc1-c1ccc(F)c(N2CCN(C(=O)N3N=CCC3c3ncccc3Cl)CC2)n1. The third kappa shape index (κ3) is 3.99. The lowest BCUT2D eigenvalue weighted by Gasteiger charge is -2.37. The molecule has 3 aromatic heterocycles. The van der Waals surface area contributed by atoms with Crippen molar-refractivity contribution in [2.45, 2.75) is 12.5 Å². The maximum absolute atomic E-state index is 14.6. The minimum absolute atomic E-state index is 0.226. The number of anilines is 1. The number of aromatic nitrogens is 5. The quantitative estimate of drug-likeness (QED) is 0.585. The number of hydrazone groups is 1. The summed E-state index contributed by atoms with van der Waals surface area (Å²) in [6.45, 7) is 1.68. The van der Waals surface area contributed by atoms with Crippen LogP contribution in [-0.4, -0.2) is 73.1 Å². The summed E-state index contributed by atoms with van der Waals surface area (Å²) in [4.78, 5) is 29.7. The highest BCUT2D eigenvalue weighted by Gasteiger charge is 2.35. The Labute approximate surface area is 194 Å². The van der Waals surface area contributed by atoms with E-state index in [1.165, 1.54) is 17.4 Å². The highest BCUT2D eigenvalue weighted by molar-refractivity contribution is 6.31. The normalized spacial score (nSPS) is 18.3. The highest BCUT2D eigenvalue weighted by atomic mass is 35.5. The molecule has 0 saturated carbocycles. The van der Waals surface area contributed by atoms with E-state index in [-0.39, 0.29) is 17.9 Å². The monoisotopic (exact) mass is 469 g/mol. The third-order valence-electron chi connectivity index (χ3n) is 5.75. The number of aryl methyl sites for hydroxylation is 1. The number of hydrogen-bond donors (Lipinski definition) is 0. The van der Waals surface area contributed by atoms with Crippen molar-refractivity contribution in [1.29, 1.82) is 0 Å². The van der Waals surface area contributed by atoms with Gasteiger partial charge in [-0.15, -0.1) is 0 Å². The molecular formula is C21H21ClFN9O. The van der Waals surface area contributed by atoms with Gasteiger partial charge >= 0.3 is 6.03 Å². The molecule has 10 nitrogen and oxygen atoms in total. The number of nitrogens with zero attached hydrogens (tertiary/aromatic N) is 9. The van der Waals surface area contributed by atoms with E-state index in [0.29, 0.717) is 54.8 Å². The summed E-state index contributed by atoms with van der Waals surface area (Å²) in [5, 5.41) is 10.2. The Morgan fingerprint density at radius 1 is 1.15 bits per heavy atom. The van der Waals surface area contributed by atoms with E-state index in [1.807, 2.05) is 4.90 Å². The van der Waals surface area contributed by atoms with Gasteiger partial charge in [-0.1, -0.05) is 11.6 Å². The third-order valence-corrected chi connectivity index (χ3v) is 6.07. The van der Waals surface area contributed by atoms with Crippen molar-refractivity contribution < 1.29 is 9.18 Å². The van der Waals surface area contributed by atoms with Crippen LogP contribution in [0.2, 0.25) is 5.02 Å². The molecule has 1 unspecified atom stereocenters. The average Bonchev–Trinajstić information content (AvgIpc) is 3.49. The number of carbonyl (C=O) groups excluding carboxylic acids is 1. The summed E-state index contributed by atoms with van der Waals surface area (Å²) in [5.74, 6) is 0.366. The molecule has 0 spiro atoms. The topological polar surface area (TPSA) is 95.6 Å². The fraction of sp³-hybridized carbons (Fsp3) is 0.333.